The predicted molar refractivity (Wildman–Crippen MR) is 83.5 cm³/mol. The van der Waals surface area contributed by atoms with Gasteiger partial charge in [0.15, 0.2) is 0 Å². The molecule has 0 fully saturated rings. The van der Waals surface area contributed by atoms with Crippen molar-refractivity contribution in [3.05, 3.63) is 35.4 Å². The normalized spacial score (nSPS) is 9.62. The summed E-state index contributed by atoms with van der Waals surface area (Å²) in [5, 5.41) is 16.5. The highest BCUT2D eigenvalue weighted by molar-refractivity contribution is 5.66. The number of benzene rings is 1. The van der Waals surface area contributed by atoms with Gasteiger partial charge in [-0.1, -0.05) is 43.2 Å². The fourth-order valence-corrected chi connectivity index (χ4v) is 1.69. The Balaban J connectivity index is 0.000000486. The molecule has 4 heteroatoms. The maximum absolute atomic E-state index is 10.3. The first-order chi connectivity index (χ1) is 9.95. The molecule has 0 saturated carbocycles. The van der Waals surface area contributed by atoms with Crippen molar-refractivity contribution in [2.75, 3.05) is 0 Å². The maximum atomic E-state index is 10.3. The van der Waals surface area contributed by atoms with Gasteiger partial charge in [-0.15, -0.1) is 0 Å². The van der Waals surface area contributed by atoms with E-state index in [0.717, 1.165) is 32.1 Å². The van der Waals surface area contributed by atoms with Crippen LogP contribution in [0.15, 0.2) is 24.3 Å². The number of hydrogen-bond donors (Lipinski definition) is 2. The molecule has 21 heavy (non-hydrogen) atoms. The number of rotatable bonds is 8. The summed E-state index contributed by atoms with van der Waals surface area (Å²) in [7, 11) is 0. The molecular weight excluding hydrogens is 268 g/mol. The molecule has 1 aromatic carbocycles. The van der Waals surface area contributed by atoms with Crippen LogP contribution in [0, 0.1) is 6.92 Å². The second-order valence-electron chi connectivity index (χ2n) is 5.08. The highest BCUT2D eigenvalue weighted by Crippen LogP contribution is 2.08. The highest BCUT2D eigenvalue weighted by atomic mass is 16.4. The third-order valence-electron chi connectivity index (χ3n) is 2.97. The summed E-state index contributed by atoms with van der Waals surface area (Å²) >= 11 is 0. The van der Waals surface area contributed by atoms with Crippen LogP contribution in [0.1, 0.15) is 56.6 Å². The lowest BCUT2D eigenvalue weighted by molar-refractivity contribution is -0.138. The molecule has 2 N–H and O–H groups in total. The molecule has 118 valence electrons. The Morgan fingerprint density at radius 2 is 1.43 bits per heavy atom. The minimum atomic E-state index is -0.700. The molecule has 1 rings (SSSR count). The molecule has 1 aromatic rings. The van der Waals surface area contributed by atoms with Crippen LogP contribution in [0.2, 0.25) is 0 Å². The number of unbranched alkanes of at least 4 members (excludes halogenated alkanes) is 2. The van der Waals surface area contributed by atoms with E-state index in [2.05, 4.69) is 31.2 Å². The first-order valence-electron chi connectivity index (χ1n) is 7.44. The molecule has 0 bridgehead atoms. The predicted octanol–water partition coefficient (Wildman–Crippen LogP) is 4.05. The largest absolute Gasteiger partial charge is 0.481 e. The molecule has 0 aliphatic heterocycles. The maximum Gasteiger partial charge on any atom is 0.303 e. The van der Waals surface area contributed by atoms with Crippen LogP contribution in [-0.4, -0.2) is 22.2 Å². The third-order valence-corrected chi connectivity index (χ3v) is 2.97. The van der Waals surface area contributed by atoms with E-state index in [1.165, 1.54) is 11.1 Å². The van der Waals surface area contributed by atoms with Crippen molar-refractivity contribution in [1.29, 1.82) is 0 Å². The molecule has 0 heterocycles. The average molecular weight is 294 g/mol. The Morgan fingerprint density at radius 3 is 1.86 bits per heavy atom. The molecule has 0 atom stereocenters. The van der Waals surface area contributed by atoms with E-state index in [9.17, 15) is 9.59 Å². The summed E-state index contributed by atoms with van der Waals surface area (Å²) in [5.74, 6) is -1.39. The molecule has 0 spiro atoms. The lowest BCUT2D eigenvalue weighted by atomic mass is 10.1. The van der Waals surface area contributed by atoms with Crippen LogP contribution in [0.3, 0.4) is 0 Å². The quantitative estimate of drug-likeness (QED) is 0.709. The number of carboxylic acids is 2. The van der Waals surface area contributed by atoms with Crippen LogP contribution >= 0.6 is 0 Å². The van der Waals surface area contributed by atoms with E-state index < -0.39 is 11.9 Å². The second-order valence-corrected chi connectivity index (χ2v) is 5.08. The molecular formula is C17H26O4. The molecule has 0 radical (unpaired) electrons. The van der Waals surface area contributed by atoms with Crippen LogP contribution in [0.5, 0.6) is 0 Å². The van der Waals surface area contributed by atoms with Crippen molar-refractivity contribution in [2.24, 2.45) is 0 Å². The summed E-state index contributed by atoms with van der Waals surface area (Å²) < 4.78 is 0. The number of aryl methyl sites for hydroxylation is 2. The zero-order valence-corrected chi connectivity index (χ0v) is 13.0. The number of hydrogen-bond acceptors (Lipinski definition) is 2. The van der Waals surface area contributed by atoms with E-state index >= 15 is 0 Å². The standard InChI is InChI=1S/C12H16O2.C5H10O2/c1-10-6-8-11(9-7-10)4-2-3-5-12(13)14;1-2-3-4-5(6)7/h6-9H,2-5H2,1H3,(H,13,14);2-4H2,1H3,(H,6,7). The van der Waals surface area contributed by atoms with Crippen molar-refractivity contribution >= 4 is 11.9 Å². The van der Waals surface area contributed by atoms with Crippen molar-refractivity contribution in [2.45, 2.75) is 58.8 Å². The second kappa shape index (κ2) is 11.9. The zero-order chi connectivity index (χ0) is 16.1. The molecule has 0 aliphatic carbocycles. The summed E-state index contributed by atoms with van der Waals surface area (Å²) in [4.78, 5) is 20.0. The van der Waals surface area contributed by atoms with Gasteiger partial charge >= 0.3 is 11.9 Å². The lowest BCUT2D eigenvalue weighted by Gasteiger charge is -2.00. The number of aliphatic carboxylic acids is 2. The van der Waals surface area contributed by atoms with Gasteiger partial charge in [0.1, 0.15) is 0 Å². The SMILES string of the molecule is CCCCC(=O)O.Cc1ccc(CCCCC(=O)O)cc1. The fourth-order valence-electron chi connectivity index (χ4n) is 1.69. The molecule has 0 aliphatic rings. The molecule has 0 aromatic heterocycles. The Morgan fingerprint density at radius 1 is 0.905 bits per heavy atom. The Bertz CT molecular complexity index is 409. The first kappa shape index (κ1) is 19.2. The summed E-state index contributed by atoms with van der Waals surface area (Å²) in [6.45, 7) is 4.04. The zero-order valence-electron chi connectivity index (χ0n) is 13.0. The van der Waals surface area contributed by atoms with E-state index in [1.807, 2.05) is 6.92 Å². The summed E-state index contributed by atoms with van der Waals surface area (Å²) in [6.07, 6.45) is 5.07. The first-order valence-corrected chi connectivity index (χ1v) is 7.44. The number of carboxylic acid groups (broad SMARTS) is 2. The fraction of sp³-hybridized carbons (Fsp3) is 0.529. The monoisotopic (exact) mass is 294 g/mol. The molecule has 4 nitrogen and oxygen atoms in total. The minimum absolute atomic E-state index is 0.284. The van der Waals surface area contributed by atoms with Gasteiger partial charge in [-0.25, -0.2) is 0 Å². The third kappa shape index (κ3) is 12.9. The Kier molecular flexibility index (Phi) is 10.9. The van der Waals surface area contributed by atoms with Crippen LogP contribution in [0.4, 0.5) is 0 Å². The van der Waals surface area contributed by atoms with Crippen LogP contribution in [0.25, 0.3) is 0 Å². The molecule has 0 saturated heterocycles. The van der Waals surface area contributed by atoms with Crippen molar-refractivity contribution in [3.63, 3.8) is 0 Å². The Labute approximate surface area is 126 Å². The summed E-state index contributed by atoms with van der Waals surface area (Å²) in [6, 6.07) is 8.39. The van der Waals surface area contributed by atoms with Gasteiger partial charge in [0.25, 0.3) is 0 Å². The average Bonchev–Trinajstić information content (AvgIpc) is 2.44. The minimum Gasteiger partial charge on any atom is -0.481 e. The Hall–Kier alpha value is -1.84. The molecule has 0 unspecified atom stereocenters. The molecule has 0 amide bonds. The van der Waals surface area contributed by atoms with Crippen molar-refractivity contribution in [1.82, 2.24) is 0 Å². The van der Waals surface area contributed by atoms with Gasteiger partial charge in [-0.05, 0) is 38.2 Å². The van der Waals surface area contributed by atoms with Crippen LogP contribution in [-0.2, 0) is 16.0 Å². The lowest BCUT2D eigenvalue weighted by Crippen LogP contribution is -1.94. The van der Waals surface area contributed by atoms with Gasteiger partial charge in [0.05, 0.1) is 0 Å². The van der Waals surface area contributed by atoms with Crippen molar-refractivity contribution in [3.8, 4) is 0 Å². The smallest absolute Gasteiger partial charge is 0.303 e. The van der Waals surface area contributed by atoms with Gasteiger partial charge in [0, 0.05) is 12.8 Å². The number of carbonyl (C=O) groups is 2. The topological polar surface area (TPSA) is 74.6 Å². The van der Waals surface area contributed by atoms with Gasteiger partial charge in [0.2, 0.25) is 0 Å². The van der Waals surface area contributed by atoms with Crippen LogP contribution < -0.4 is 0 Å². The van der Waals surface area contributed by atoms with Gasteiger partial charge in [-0.3, -0.25) is 9.59 Å². The van der Waals surface area contributed by atoms with Crippen molar-refractivity contribution < 1.29 is 19.8 Å². The van der Waals surface area contributed by atoms with Gasteiger partial charge < -0.3 is 10.2 Å². The van der Waals surface area contributed by atoms with E-state index in [-0.39, 0.29) is 6.42 Å². The van der Waals surface area contributed by atoms with E-state index in [1.54, 1.807) is 0 Å². The van der Waals surface area contributed by atoms with E-state index in [0.29, 0.717) is 6.42 Å². The summed E-state index contributed by atoms with van der Waals surface area (Å²) in [5.41, 5.74) is 2.56. The van der Waals surface area contributed by atoms with Gasteiger partial charge in [-0.2, -0.15) is 0 Å². The highest BCUT2D eigenvalue weighted by Gasteiger charge is 1.97. The van der Waals surface area contributed by atoms with E-state index in [4.69, 9.17) is 10.2 Å².